The molecule has 1 amide bonds. The molecule has 0 fully saturated rings. The van der Waals surface area contributed by atoms with Crippen molar-refractivity contribution in [3.8, 4) is 6.07 Å². The lowest BCUT2D eigenvalue weighted by atomic mass is 10.1. The van der Waals surface area contributed by atoms with Crippen LogP contribution in [0.4, 0.5) is 11.4 Å². The van der Waals surface area contributed by atoms with Crippen LogP contribution in [0.1, 0.15) is 18.3 Å². The molecule has 0 aliphatic heterocycles. The van der Waals surface area contributed by atoms with Crippen molar-refractivity contribution in [2.45, 2.75) is 13.8 Å². The number of H-pyrrole nitrogens is 1. The molecule has 0 aliphatic carbocycles. The van der Waals surface area contributed by atoms with Gasteiger partial charge in [0.15, 0.2) is 0 Å². The summed E-state index contributed by atoms with van der Waals surface area (Å²) in [6.07, 6.45) is 1.50. The lowest BCUT2D eigenvalue weighted by Crippen LogP contribution is -2.07. The number of benzene rings is 1. The zero-order chi connectivity index (χ0) is 15.2. The van der Waals surface area contributed by atoms with Gasteiger partial charge in [0.25, 0.3) is 0 Å². The molecule has 1 aromatic heterocycles. The molecule has 0 atom stereocenters. The topological polar surface area (TPSA) is 119 Å². The number of amides is 1. The van der Waals surface area contributed by atoms with Crippen LogP contribution >= 0.6 is 0 Å². The van der Waals surface area contributed by atoms with Crippen LogP contribution in [0.2, 0.25) is 0 Å². The molecule has 0 bridgehead atoms. The number of tetrazole rings is 1. The summed E-state index contributed by atoms with van der Waals surface area (Å²) in [5.41, 5.74) is 2.68. The second kappa shape index (κ2) is 6.29. The highest BCUT2D eigenvalue weighted by Gasteiger charge is 2.06. The van der Waals surface area contributed by atoms with Crippen LogP contribution in [0.3, 0.4) is 0 Å². The van der Waals surface area contributed by atoms with Crippen molar-refractivity contribution >= 4 is 22.9 Å². The Balaban J connectivity index is 2.15. The monoisotopic (exact) mass is 283 g/mol. The number of anilines is 2. The first kappa shape index (κ1) is 14.2. The number of aromatic amines is 1. The van der Waals surface area contributed by atoms with Crippen molar-refractivity contribution in [3.05, 3.63) is 35.8 Å². The first-order valence-electron chi connectivity index (χ1n) is 6.09. The molecule has 0 saturated carbocycles. The highest BCUT2D eigenvalue weighted by molar-refractivity contribution is 5.89. The van der Waals surface area contributed by atoms with Crippen LogP contribution in [0.5, 0.6) is 0 Å². The minimum Gasteiger partial charge on any atom is -0.360 e. The van der Waals surface area contributed by atoms with Crippen molar-refractivity contribution in [2.75, 3.05) is 10.6 Å². The maximum atomic E-state index is 11.0. The van der Waals surface area contributed by atoms with Crippen molar-refractivity contribution < 1.29 is 4.79 Å². The van der Waals surface area contributed by atoms with Crippen LogP contribution in [0, 0.1) is 18.3 Å². The van der Waals surface area contributed by atoms with Gasteiger partial charge in [-0.3, -0.25) is 4.79 Å². The summed E-state index contributed by atoms with van der Waals surface area (Å²) in [7, 11) is 0. The quantitative estimate of drug-likeness (QED) is 0.730. The van der Waals surface area contributed by atoms with Gasteiger partial charge in [0.2, 0.25) is 11.7 Å². The molecule has 0 aliphatic rings. The van der Waals surface area contributed by atoms with Gasteiger partial charge in [-0.25, -0.2) is 0 Å². The molecule has 106 valence electrons. The van der Waals surface area contributed by atoms with Gasteiger partial charge < -0.3 is 10.6 Å². The van der Waals surface area contributed by atoms with E-state index in [0.717, 1.165) is 16.9 Å². The first-order valence-corrected chi connectivity index (χ1v) is 6.09. The summed E-state index contributed by atoms with van der Waals surface area (Å²) in [6.45, 7) is 3.34. The SMILES string of the molecule is CC(=O)Nc1ccc(NC=C(C#N)c2nn[nH]n2)cc1C. The van der Waals surface area contributed by atoms with Gasteiger partial charge in [0.05, 0.1) is 0 Å². The highest BCUT2D eigenvalue weighted by atomic mass is 16.1. The number of rotatable bonds is 4. The van der Waals surface area contributed by atoms with Gasteiger partial charge in [-0.2, -0.15) is 10.5 Å². The minimum atomic E-state index is -0.123. The average molecular weight is 283 g/mol. The van der Waals surface area contributed by atoms with E-state index in [0.29, 0.717) is 0 Å². The van der Waals surface area contributed by atoms with E-state index in [2.05, 4.69) is 31.3 Å². The van der Waals surface area contributed by atoms with Crippen LogP contribution < -0.4 is 10.6 Å². The predicted molar refractivity (Wildman–Crippen MR) is 76.9 cm³/mol. The number of hydrogen-bond acceptors (Lipinski definition) is 6. The second-order valence-corrected chi connectivity index (χ2v) is 4.26. The third-order valence-corrected chi connectivity index (χ3v) is 2.63. The van der Waals surface area contributed by atoms with Gasteiger partial charge >= 0.3 is 0 Å². The number of carbonyl (C=O) groups is 1. The summed E-state index contributed by atoms with van der Waals surface area (Å²) in [4.78, 5) is 11.0. The third-order valence-electron chi connectivity index (χ3n) is 2.63. The fraction of sp³-hybridized carbons (Fsp3) is 0.154. The fourth-order valence-corrected chi connectivity index (χ4v) is 1.66. The molecule has 21 heavy (non-hydrogen) atoms. The van der Waals surface area contributed by atoms with Gasteiger partial charge in [-0.05, 0) is 35.9 Å². The summed E-state index contributed by atoms with van der Waals surface area (Å²) >= 11 is 0. The van der Waals surface area contributed by atoms with Gasteiger partial charge in [0.1, 0.15) is 11.6 Å². The molecule has 8 nitrogen and oxygen atoms in total. The summed E-state index contributed by atoms with van der Waals surface area (Å²) < 4.78 is 0. The Hall–Kier alpha value is -3.21. The second-order valence-electron chi connectivity index (χ2n) is 4.26. The number of hydrogen-bond donors (Lipinski definition) is 3. The van der Waals surface area contributed by atoms with Gasteiger partial charge in [0, 0.05) is 24.5 Å². The Bertz CT molecular complexity index is 713. The number of allylic oxidation sites excluding steroid dienone is 1. The van der Waals surface area contributed by atoms with E-state index in [1.807, 2.05) is 19.1 Å². The summed E-state index contributed by atoms with van der Waals surface area (Å²) in [5, 5.41) is 27.9. The maximum absolute atomic E-state index is 11.0. The number of aryl methyl sites for hydroxylation is 1. The standard InChI is InChI=1S/C13H13N7O/c1-8-5-11(3-4-12(8)16-9(2)21)15-7-10(6-14)13-17-19-20-18-13/h3-5,7,15H,1-2H3,(H,16,21)(H,17,18,19,20). The Morgan fingerprint density at radius 3 is 2.86 bits per heavy atom. The molecule has 8 heteroatoms. The Labute approximate surface area is 120 Å². The number of nitrogens with one attached hydrogen (secondary N) is 3. The van der Waals surface area contributed by atoms with Crippen LogP contribution in [-0.4, -0.2) is 26.5 Å². The maximum Gasteiger partial charge on any atom is 0.221 e. The van der Waals surface area contributed by atoms with Gasteiger partial charge in [-0.15, -0.1) is 10.2 Å². The molecule has 1 aromatic carbocycles. The number of carbonyl (C=O) groups excluding carboxylic acids is 1. The smallest absolute Gasteiger partial charge is 0.221 e. The average Bonchev–Trinajstić information content (AvgIpc) is 2.96. The van der Waals surface area contributed by atoms with Crippen molar-refractivity contribution in [3.63, 3.8) is 0 Å². The van der Waals surface area contributed by atoms with E-state index in [1.165, 1.54) is 13.1 Å². The van der Waals surface area contributed by atoms with Crippen LogP contribution in [-0.2, 0) is 4.79 Å². The van der Waals surface area contributed by atoms with Crippen LogP contribution in [0.15, 0.2) is 24.4 Å². The van der Waals surface area contributed by atoms with Gasteiger partial charge in [-0.1, -0.05) is 0 Å². The molecule has 0 spiro atoms. The lowest BCUT2D eigenvalue weighted by Gasteiger charge is -2.08. The van der Waals surface area contributed by atoms with Crippen molar-refractivity contribution in [1.82, 2.24) is 20.6 Å². The van der Waals surface area contributed by atoms with E-state index in [4.69, 9.17) is 5.26 Å². The molecule has 2 aromatic rings. The summed E-state index contributed by atoms with van der Waals surface area (Å²) in [5.74, 6) is 0.0965. The Kier molecular flexibility index (Phi) is 4.26. The third kappa shape index (κ3) is 3.63. The number of nitrogens with zero attached hydrogens (tertiary/aromatic N) is 4. The minimum absolute atomic E-state index is 0.123. The van der Waals surface area contributed by atoms with E-state index < -0.39 is 0 Å². The number of nitriles is 1. The molecule has 3 N–H and O–H groups in total. The molecular weight excluding hydrogens is 270 g/mol. The summed E-state index contributed by atoms with van der Waals surface area (Å²) in [6, 6.07) is 7.41. The zero-order valence-electron chi connectivity index (χ0n) is 11.5. The van der Waals surface area contributed by atoms with Crippen molar-refractivity contribution in [1.29, 1.82) is 5.26 Å². The van der Waals surface area contributed by atoms with E-state index in [9.17, 15) is 4.79 Å². The molecule has 2 rings (SSSR count). The molecule has 1 heterocycles. The van der Waals surface area contributed by atoms with E-state index in [1.54, 1.807) is 12.1 Å². The zero-order valence-corrected chi connectivity index (χ0v) is 11.5. The largest absolute Gasteiger partial charge is 0.360 e. The normalized spacial score (nSPS) is 10.8. The Morgan fingerprint density at radius 2 is 2.29 bits per heavy atom. The van der Waals surface area contributed by atoms with Crippen molar-refractivity contribution in [2.24, 2.45) is 0 Å². The van der Waals surface area contributed by atoms with E-state index in [-0.39, 0.29) is 17.3 Å². The molecule has 0 saturated heterocycles. The highest BCUT2D eigenvalue weighted by Crippen LogP contribution is 2.20. The van der Waals surface area contributed by atoms with Crippen LogP contribution in [0.25, 0.3) is 5.57 Å². The fourth-order valence-electron chi connectivity index (χ4n) is 1.66. The first-order chi connectivity index (χ1) is 10.1. The molecule has 0 unspecified atom stereocenters. The lowest BCUT2D eigenvalue weighted by molar-refractivity contribution is -0.114. The number of aromatic nitrogens is 4. The molecule has 0 radical (unpaired) electrons. The predicted octanol–water partition coefficient (Wildman–Crippen LogP) is 1.44. The van der Waals surface area contributed by atoms with E-state index >= 15 is 0 Å². The molecular formula is C13H13N7O. The Morgan fingerprint density at radius 1 is 1.48 bits per heavy atom.